The van der Waals surface area contributed by atoms with E-state index in [1.807, 2.05) is 30.3 Å². The summed E-state index contributed by atoms with van der Waals surface area (Å²) in [5.41, 5.74) is 3.58. The van der Waals surface area contributed by atoms with Crippen molar-refractivity contribution in [2.24, 2.45) is 0 Å². The number of benzene rings is 3. The molecule has 0 aromatic heterocycles. The van der Waals surface area contributed by atoms with Gasteiger partial charge in [-0.1, -0.05) is 36.4 Å². The Bertz CT molecular complexity index is 785. The minimum absolute atomic E-state index is 0.290. The third-order valence-corrected chi connectivity index (χ3v) is 3.74. The molecule has 0 radical (unpaired) electrons. The lowest BCUT2D eigenvalue weighted by atomic mass is 9.95. The molecule has 0 aliphatic carbocycles. The lowest BCUT2D eigenvalue weighted by Gasteiger charge is -2.10. The van der Waals surface area contributed by atoms with Crippen molar-refractivity contribution in [1.82, 2.24) is 0 Å². The van der Waals surface area contributed by atoms with Gasteiger partial charge in [-0.2, -0.15) is 0 Å². The molecule has 3 aromatic carbocycles. The standard InChI is InChI=1S/C21H16F2O/c1-24-20-12-2-15(3-13-20)14-21(16-4-8-18(22)9-5-16)17-6-10-19(23)11-7-17/h2-14H,1H3. The summed E-state index contributed by atoms with van der Waals surface area (Å²) in [5, 5.41) is 0. The summed E-state index contributed by atoms with van der Waals surface area (Å²) in [4.78, 5) is 0. The van der Waals surface area contributed by atoms with Crippen LogP contribution in [0.5, 0.6) is 5.75 Å². The zero-order valence-corrected chi connectivity index (χ0v) is 13.2. The van der Waals surface area contributed by atoms with E-state index in [2.05, 4.69) is 0 Å². The minimum atomic E-state index is -0.290. The van der Waals surface area contributed by atoms with Crippen LogP contribution in [0.1, 0.15) is 16.7 Å². The number of ether oxygens (including phenoxy) is 1. The number of methoxy groups -OCH3 is 1. The molecule has 0 spiro atoms. The maximum Gasteiger partial charge on any atom is 0.123 e. The first-order valence-corrected chi connectivity index (χ1v) is 7.53. The van der Waals surface area contributed by atoms with Gasteiger partial charge in [-0.3, -0.25) is 0 Å². The molecule has 0 saturated carbocycles. The zero-order valence-electron chi connectivity index (χ0n) is 13.2. The molecule has 0 aliphatic heterocycles. The molecule has 0 heterocycles. The van der Waals surface area contributed by atoms with Gasteiger partial charge in [0.15, 0.2) is 0 Å². The Morgan fingerprint density at radius 3 is 1.58 bits per heavy atom. The summed E-state index contributed by atoms with van der Waals surface area (Å²) in [6, 6.07) is 20.2. The molecule has 3 heteroatoms. The second-order valence-electron chi connectivity index (χ2n) is 5.34. The van der Waals surface area contributed by atoms with Crippen LogP contribution in [0.3, 0.4) is 0 Å². The van der Waals surface area contributed by atoms with E-state index in [9.17, 15) is 8.78 Å². The third-order valence-electron chi connectivity index (χ3n) is 3.74. The molecule has 0 fully saturated rings. The third kappa shape index (κ3) is 3.69. The molecule has 0 amide bonds. The second-order valence-corrected chi connectivity index (χ2v) is 5.34. The summed E-state index contributed by atoms with van der Waals surface area (Å²) in [6.07, 6.45) is 1.99. The van der Waals surface area contributed by atoms with Crippen molar-refractivity contribution >= 4 is 11.6 Å². The van der Waals surface area contributed by atoms with Crippen molar-refractivity contribution in [1.29, 1.82) is 0 Å². The van der Waals surface area contributed by atoms with E-state index in [-0.39, 0.29) is 11.6 Å². The molecule has 0 atom stereocenters. The summed E-state index contributed by atoms with van der Waals surface area (Å²) in [7, 11) is 1.62. The van der Waals surface area contributed by atoms with E-state index in [0.717, 1.165) is 28.0 Å². The highest BCUT2D eigenvalue weighted by molar-refractivity contribution is 5.91. The van der Waals surface area contributed by atoms with E-state index in [0.29, 0.717) is 0 Å². The topological polar surface area (TPSA) is 9.23 Å². The smallest absolute Gasteiger partial charge is 0.123 e. The number of rotatable bonds is 4. The van der Waals surface area contributed by atoms with Crippen LogP contribution in [0.25, 0.3) is 11.6 Å². The number of hydrogen-bond acceptors (Lipinski definition) is 1. The van der Waals surface area contributed by atoms with Gasteiger partial charge >= 0.3 is 0 Å². The van der Waals surface area contributed by atoms with Crippen molar-refractivity contribution in [2.75, 3.05) is 7.11 Å². The average Bonchev–Trinajstić information content (AvgIpc) is 2.62. The summed E-state index contributed by atoms with van der Waals surface area (Å²) in [5.74, 6) is 0.195. The normalized spacial score (nSPS) is 10.3. The molecule has 1 nitrogen and oxygen atoms in total. The van der Waals surface area contributed by atoms with Crippen LogP contribution >= 0.6 is 0 Å². The Balaban J connectivity index is 2.07. The Morgan fingerprint density at radius 1 is 0.708 bits per heavy atom. The SMILES string of the molecule is COc1ccc(C=C(c2ccc(F)cc2)c2ccc(F)cc2)cc1. The lowest BCUT2D eigenvalue weighted by molar-refractivity contribution is 0.415. The van der Waals surface area contributed by atoms with Crippen molar-refractivity contribution in [3.8, 4) is 5.75 Å². The molecular formula is C21H16F2O. The van der Waals surface area contributed by atoms with Crippen molar-refractivity contribution in [3.63, 3.8) is 0 Å². The summed E-state index contributed by atoms with van der Waals surface area (Å²) < 4.78 is 31.6. The van der Waals surface area contributed by atoms with Crippen LogP contribution < -0.4 is 4.74 Å². The summed E-state index contributed by atoms with van der Waals surface area (Å²) in [6.45, 7) is 0. The van der Waals surface area contributed by atoms with Crippen LogP contribution in [-0.2, 0) is 0 Å². The molecule has 24 heavy (non-hydrogen) atoms. The molecular weight excluding hydrogens is 306 g/mol. The fourth-order valence-electron chi connectivity index (χ4n) is 2.46. The van der Waals surface area contributed by atoms with E-state index in [4.69, 9.17) is 4.74 Å². The van der Waals surface area contributed by atoms with Crippen LogP contribution in [0.15, 0.2) is 72.8 Å². The van der Waals surface area contributed by atoms with Gasteiger partial charge in [0, 0.05) is 0 Å². The maximum absolute atomic E-state index is 13.2. The molecule has 3 rings (SSSR count). The first-order chi connectivity index (χ1) is 11.7. The van der Waals surface area contributed by atoms with Crippen molar-refractivity contribution in [3.05, 3.63) is 101 Å². The van der Waals surface area contributed by atoms with Gasteiger partial charge in [0.25, 0.3) is 0 Å². The fourth-order valence-corrected chi connectivity index (χ4v) is 2.46. The van der Waals surface area contributed by atoms with Crippen molar-refractivity contribution in [2.45, 2.75) is 0 Å². The fraction of sp³-hybridized carbons (Fsp3) is 0.0476. The monoisotopic (exact) mass is 322 g/mol. The lowest BCUT2D eigenvalue weighted by Crippen LogP contribution is -1.90. The molecule has 0 unspecified atom stereocenters. The highest BCUT2D eigenvalue weighted by Gasteiger charge is 2.06. The Kier molecular flexibility index (Phi) is 4.71. The first kappa shape index (κ1) is 15.9. The van der Waals surface area contributed by atoms with Gasteiger partial charge in [0.05, 0.1) is 7.11 Å². The molecule has 120 valence electrons. The van der Waals surface area contributed by atoms with E-state index >= 15 is 0 Å². The van der Waals surface area contributed by atoms with Crippen LogP contribution in [0.2, 0.25) is 0 Å². The van der Waals surface area contributed by atoms with E-state index in [1.54, 1.807) is 31.4 Å². The number of hydrogen-bond donors (Lipinski definition) is 0. The van der Waals surface area contributed by atoms with Crippen LogP contribution in [0.4, 0.5) is 8.78 Å². The van der Waals surface area contributed by atoms with Gasteiger partial charge in [-0.15, -0.1) is 0 Å². The van der Waals surface area contributed by atoms with Crippen molar-refractivity contribution < 1.29 is 13.5 Å². The largest absolute Gasteiger partial charge is 0.497 e. The Labute approximate surface area is 139 Å². The molecule has 0 N–H and O–H groups in total. The highest BCUT2D eigenvalue weighted by Crippen LogP contribution is 2.27. The molecule has 3 aromatic rings. The van der Waals surface area contributed by atoms with Gasteiger partial charge in [-0.05, 0) is 64.7 Å². The average molecular weight is 322 g/mol. The summed E-state index contributed by atoms with van der Waals surface area (Å²) >= 11 is 0. The number of halogens is 2. The predicted molar refractivity (Wildman–Crippen MR) is 92.8 cm³/mol. The Hall–Kier alpha value is -2.94. The van der Waals surface area contributed by atoms with Crippen LogP contribution in [-0.4, -0.2) is 7.11 Å². The Morgan fingerprint density at radius 2 is 1.17 bits per heavy atom. The van der Waals surface area contributed by atoms with Crippen LogP contribution in [0, 0.1) is 11.6 Å². The maximum atomic E-state index is 13.2. The quantitative estimate of drug-likeness (QED) is 0.571. The van der Waals surface area contributed by atoms with Gasteiger partial charge in [-0.25, -0.2) is 8.78 Å². The highest BCUT2D eigenvalue weighted by atomic mass is 19.1. The van der Waals surface area contributed by atoms with Gasteiger partial charge in [0.1, 0.15) is 17.4 Å². The molecule has 0 aliphatic rings. The predicted octanol–water partition coefficient (Wildman–Crippen LogP) is 5.56. The molecule has 0 bridgehead atoms. The minimum Gasteiger partial charge on any atom is -0.497 e. The van der Waals surface area contributed by atoms with E-state index in [1.165, 1.54) is 24.3 Å². The second kappa shape index (κ2) is 7.09. The first-order valence-electron chi connectivity index (χ1n) is 7.53. The van der Waals surface area contributed by atoms with Gasteiger partial charge < -0.3 is 4.74 Å². The molecule has 0 saturated heterocycles. The zero-order chi connectivity index (χ0) is 16.9. The van der Waals surface area contributed by atoms with E-state index < -0.39 is 0 Å². The van der Waals surface area contributed by atoms with Gasteiger partial charge in [0.2, 0.25) is 0 Å².